The number of rotatable bonds is 3. The second kappa shape index (κ2) is 3.90. The third-order valence-corrected chi connectivity index (χ3v) is 2.45. The highest BCUT2D eigenvalue weighted by molar-refractivity contribution is 5.79. The summed E-state index contributed by atoms with van der Waals surface area (Å²) in [6.07, 6.45) is 0. The number of hydrogen-bond donors (Lipinski definition) is 1. The zero-order valence-corrected chi connectivity index (χ0v) is 9.03. The van der Waals surface area contributed by atoms with E-state index in [1.165, 1.54) is 5.56 Å². The molecule has 0 spiro atoms. The molecule has 1 aromatic heterocycles. The number of aryl methyl sites for hydroxylation is 1. The van der Waals surface area contributed by atoms with Gasteiger partial charge < -0.3 is 15.0 Å². The van der Waals surface area contributed by atoms with Gasteiger partial charge in [-0.05, 0) is 24.6 Å². The second-order valence-electron chi connectivity index (χ2n) is 3.61. The number of benzene rings is 1. The van der Waals surface area contributed by atoms with Gasteiger partial charge in [-0.15, -0.1) is 0 Å². The van der Waals surface area contributed by atoms with Crippen LogP contribution in [-0.4, -0.2) is 23.3 Å². The van der Waals surface area contributed by atoms with E-state index in [2.05, 4.69) is 11.1 Å². The highest BCUT2D eigenvalue weighted by atomic mass is 16.5. The number of ether oxygens (including phenoxy) is 1. The number of nitrogen functional groups attached to an aromatic ring is 1. The molecular weight excluding hydrogens is 190 g/mol. The highest BCUT2D eigenvalue weighted by Gasteiger charge is 2.07. The van der Waals surface area contributed by atoms with Crippen LogP contribution in [0.15, 0.2) is 18.2 Å². The molecule has 15 heavy (non-hydrogen) atoms. The fourth-order valence-electron chi connectivity index (χ4n) is 1.68. The van der Waals surface area contributed by atoms with Gasteiger partial charge in [0.15, 0.2) is 0 Å². The first kappa shape index (κ1) is 9.98. The Morgan fingerprint density at radius 3 is 3.00 bits per heavy atom. The summed E-state index contributed by atoms with van der Waals surface area (Å²) in [5.74, 6) is 0.549. The van der Waals surface area contributed by atoms with Crippen molar-refractivity contribution in [1.82, 2.24) is 9.55 Å². The topological polar surface area (TPSA) is 53.1 Å². The largest absolute Gasteiger partial charge is 0.383 e. The molecule has 80 valence electrons. The van der Waals surface area contributed by atoms with Gasteiger partial charge in [-0.3, -0.25) is 0 Å². The summed E-state index contributed by atoms with van der Waals surface area (Å²) in [6.45, 7) is 3.43. The van der Waals surface area contributed by atoms with Crippen molar-refractivity contribution in [2.45, 2.75) is 13.5 Å². The van der Waals surface area contributed by atoms with Crippen molar-refractivity contribution in [3.8, 4) is 0 Å². The van der Waals surface area contributed by atoms with Crippen molar-refractivity contribution in [2.24, 2.45) is 0 Å². The molecule has 0 saturated carbocycles. The average Bonchev–Trinajstić information content (AvgIpc) is 2.50. The number of hydrogen-bond acceptors (Lipinski definition) is 3. The van der Waals surface area contributed by atoms with Crippen LogP contribution in [0.5, 0.6) is 0 Å². The zero-order chi connectivity index (χ0) is 10.8. The molecule has 2 aromatic rings. The van der Waals surface area contributed by atoms with E-state index in [1.54, 1.807) is 7.11 Å². The van der Waals surface area contributed by atoms with Gasteiger partial charge in [-0.25, -0.2) is 4.98 Å². The molecule has 1 heterocycles. The standard InChI is InChI=1S/C11H15N3O/c1-8-3-4-10-9(7-8)13-11(12)14(10)5-6-15-2/h3-4,7H,5-6H2,1-2H3,(H2,12,13). The van der Waals surface area contributed by atoms with Gasteiger partial charge in [0, 0.05) is 13.7 Å². The zero-order valence-electron chi connectivity index (χ0n) is 9.03. The maximum absolute atomic E-state index is 5.84. The van der Waals surface area contributed by atoms with Gasteiger partial charge in [-0.2, -0.15) is 0 Å². The molecule has 2 rings (SSSR count). The van der Waals surface area contributed by atoms with Crippen molar-refractivity contribution in [2.75, 3.05) is 19.5 Å². The summed E-state index contributed by atoms with van der Waals surface area (Å²) in [4.78, 5) is 4.31. The van der Waals surface area contributed by atoms with Gasteiger partial charge in [0.05, 0.1) is 17.6 Å². The van der Waals surface area contributed by atoms with Crippen LogP contribution < -0.4 is 5.73 Å². The molecule has 0 aliphatic heterocycles. The average molecular weight is 205 g/mol. The Morgan fingerprint density at radius 2 is 2.27 bits per heavy atom. The first-order valence-corrected chi connectivity index (χ1v) is 4.93. The first-order valence-electron chi connectivity index (χ1n) is 4.93. The lowest BCUT2D eigenvalue weighted by Crippen LogP contribution is -2.07. The van der Waals surface area contributed by atoms with Crippen molar-refractivity contribution in [1.29, 1.82) is 0 Å². The van der Waals surface area contributed by atoms with Crippen molar-refractivity contribution in [3.05, 3.63) is 23.8 Å². The summed E-state index contributed by atoms with van der Waals surface area (Å²) in [5, 5.41) is 0. The number of fused-ring (bicyclic) bond motifs is 1. The normalized spacial score (nSPS) is 11.1. The Balaban J connectivity index is 2.48. The minimum atomic E-state index is 0.549. The lowest BCUT2D eigenvalue weighted by atomic mass is 10.2. The molecule has 4 heteroatoms. The van der Waals surface area contributed by atoms with Crippen molar-refractivity contribution < 1.29 is 4.74 Å². The smallest absolute Gasteiger partial charge is 0.201 e. The van der Waals surface area contributed by atoms with E-state index in [1.807, 2.05) is 23.6 Å². The summed E-state index contributed by atoms with van der Waals surface area (Å²) in [6, 6.07) is 6.14. The quantitative estimate of drug-likeness (QED) is 0.827. The predicted molar refractivity (Wildman–Crippen MR) is 60.8 cm³/mol. The van der Waals surface area contributed by atoms with Crippen molar-refractivity contribution in [3.63, 3.8) is 0 Å². The van der Waals surface area contributed by atoms with Gasteiger partial charge in [0.2, 0.25) is 5.95 Å². The number of anilines is 1. The number of imidazole rings is 1. The Morgan fingerprint density at radius 1 is 1.47 bits per heavy atom. The minimum absolute atomic E-state index is 0.549. The van der Waals surface area contributed by atoms with Gasteiger partial charge in [0.25, 0.3) is 0 Å². The van der Waals surface area contributed by atoms with Crippen LogP contribution in [0.1, 0.15) is 5.56 Å². The van der Waals surface area contributed by atoms with Gasteiger partial charge in [-0.1, -0.05) is 6.07 Å². The summed E-state index contributed by atoms with van der Waals surface area (Å²) >= 11 is 0. The molecule has 0 fully saturated rings. The number of methoxy groups -OCH3 is 1. The summed E-state index contributed by atoms with van der Waals surface area (Å²) < 4.78 is 7.01. The van der Waals surface area contributed by atoms with Crippen LogP contribution in [0, 0.1) is 6.92 Å². The molecule has 0 radical (unpaired) electrons. The van der Waals surface area contributed by atoms with E-state index >= 15 is 0 Å². The molecule has 2 N–H and O–H groups in total. The monoisotopic (exact) mass is 205 g/mol. The van der Waals surface area contributed by atoms with Crippen LogP contribution in [0.2, 0.25) is 0 Å². The van der Waals surface area contributed by atoms with Crippen LogP contribution in [-0.2, 0) is 11.3 Å². The molecule has 0 bridgehead atoms. The molecule has 0 aliphatic rings. The number of nitrogens with two attached hydrogens (primary N) is 1. The molecule has 0 unspecified atom stereocenters. The number of nitrogens with zero attached hydrogens (tertiary/aromatic N) is 2. The Hall–Kier alpha value is -1.55. The highest BCUT2D eigenvalue weighted by Crippen LogP contribution is 2.18. The van der Waals surface area contributed by atoms with Gasteiger partial charge >= 0.3 is 0 Å². The minimum Gasteiger partial charge on any atom is -0.383 e. The van der Waals surface area contributed by atoms with E-state index in [4.69, 9.17) is 10.5 Å². The number of aromatic nitrogens is 2. The lowest BCUT2D eigenvalue weighted by Gasteiger charge is -2.04. The van der Waals surface area contributed by atoms with E-state index in [0.29, 0.717) is 12.6 Å². The molecule has 4 nitrogen and oxygen atoms in total. The molecule has 0 atom stereocenters. The molecule has 0 aliphatic carbocycles. The van der Waals surface area contributed by atoms with Crippen molar-refractivity contribution >= 4 is 17.0 Å². The Labute approximate surface area is 88.7 Å². The third-order valence-electron chi connectivity index (χ3n) is 2.45. The van der Waals surface area contributed by atoms with Crippen LogP contribution in [0.3, 0.4) is 0 Å². The van der Waals surface area contributed by atoms with Crippen LogP contribution >= 0.6 is 0 Å². The predicted octanol–water partition coefficient (Wildman–Crippen LogP) is 1.57. The first-order chi connectivity index (χ1) is 7.22. The third kappa shape index (κ3) is 1.80. The maximum Gasteiger partial charge on any atom is 0.201 e. The Kier molecular flexibility index (Phi) is 2.60. The molecule has 1 aromatic carbocycles. The molecular formula is C11H15N3O. The molecule has 0 amide bonds. The SMILES string of the molecule is COCCn1c(N)nc2cc(C)ccc21. The fraction of sp³-hybridized carbons (Fsp3) is 0.364. The van der Waals surface area contributed by atoms with E-state index in [0.717, 1.165) is 17.6 Å². The van der Waals surface area contributed by atoms with Crippen LogP contribution in [0.25, 0.3) is 11.0 Å². The summed E-state index contributed by atoms with van der Waals surface area (Å²) in [7, 11) is 1.68. The van der Waals surface area contributed by atoms with E-state index in [9.17, 15) is 0 Å². The fourth-order valence-corrected chi connectivity index (χ4v) is 1.68. The van der Waals surface area contributed by atoms with Crippen LogP contribution in [0.4, 0.5) is 5.95 Å². The maximum atomic E-state index is 5.84. The Bertz CT molecular complexity index is 476. The van der Waals surface area contributed by atoms with Gasteiger partial charge in [0.1, 0.15) is 0 Å². The molecule has 0 saturated heterocycles. The van der Waals surface area contributed by atoms with E-state index < -0.39 is 0 Å². The second-order valence-corrected chi connectivity index (χ2v) is 3.61. The summed E-state index contributed by atoms with van der Waals surface area (Å²) in [5.41, 5.74) is 9.05. The lowest BCUT2D eigenvalue weighted by molar-refractivity contribution is 0.189. The van der Waals surface area contributed by atoms with E-state index in [-0.39, 0.29) is 0 Å².